The first-order valence-corrected chi connectivity index (χ1v) is 10.3. The van der Waals surface area contributed by atoms with Crippen LogP contribution in [0.5, 0.6) is 0 Å². The Bertz CT molecular complexity index is 723. The normalized spacial score (nSPS) is 29.9. The summed E-state index contributed by atoms with van der Waals surface area (Å²) in [5, 5.41) is 14.9. The molecule has 1 aromatic rings. The number of hydrogen-bond acceptors (Lipinski definition) is 4. The molecule has 0 saturated carbocycles. The highest BCUT2D eigenvalue weighted by Crippen LogP contribution is 2.35. The summed E-state index contributed by atoms with van der Waals surface area (Å²) in [5.74, 6) is -2.97. The number of benzene rings is 1. The predicted octanol–water partition coefficient (Wildman–Crippen LogP) is 2.22. The lowest BCUT2D eigenvalue weighted by Crippen LogP contribution is -2.47. The third kappa shape index (κ3) is 4.03. The molecule has 3 aliphatic heterocycles. The number of aliphatic hydroxyl groups is 1. The minimum absolute atomic E-state index is 0.131. The smallest absolute Gasteiger partial charge is 0.267 e. The van der Waals surface area contributed by atoms with Gasteiger partial charge in [0, 0.05) is 43.7 Å². The predicted molar refractivity (Wildman–Crippen MR) is 102 cm³/mol. The lowest BCUT2D eigenvalue weighted by atomic mass is 9.84. The van der Waals surface area contributed by atoms with E-state index in [1.807, 2.05) is 12.1 Å². The van der Waals surface area contributed by atoms with Crippen LogP contribution < -0.4 is 5.32 Å². The Balaban J connectivity index is 1.31. The standard InChI is InChI=1S/C20H26ClF2N3O2/c21-15-3-1-14(2-4-15)19(28)5-8-25(9-6-19)16-11-17(24-12-16)18(27)26-10-7-20(22,23)13-26/h1-4,16-17,24,28H,5-13H2/t16-,17-/m0/s1. The van der Waals surface area contributed by atoms with E-state index in [-0.39, 0.29) is 24.9 Å². The van der Waals surface area contributed by atoms with E-state index in [2.05, 4.69) is 10.2 Å². The number of carbonyl (C=O) groups excluding carboxylic acids is 1. The van der Waals surface area contributed by atoms with Crippen LogP contribution in [-0.2, 0) is 10.4 Å². The highest BCUT2D eigenvalue weighted by atomic mass is 35.5. The second kappa shape index (κ2) is 7.52. The number of alkyl halides is 2. The van der Waals surface area contributed by atoms with Gasteiger partial charge in [-0.2, -0.15) is 0 Å². The Labute approximate surface area is 168 Å². The molecule has 0 radical (unpaired) electrons. The molecule has 8 heteroatoms. The molecule has 3 heterocycles. The van der Waals surface area contributed by atoms with E-state index >= 15 is 0 Å². The Hall–Kier alpha value is -1.28. The van der Waals surface area contributed by atoms with Gasteiger partial charge in [-0.1, -0.05) is 23.7 Å². The first-order valence-electron chi connectivity index (χ1n) is 9.88. The molecule has 0 unspecified atom stereocenters. The van der Waals surface area contributed by atoms with Crippen LogP contribution in [0.1, 0.15) is 31.2 Å². The van der Waals surface area contributed by atoms with Crippen LogP contribution in [0.4, 0.5) is 8.78 Å². The zero-order valence-corrected chi connectivity index (χ0v) is 16.5. The van der Waals surface area contributed by atoms with Crippen molar-refractivity contribution >= 4 is 17.5 Å². The molecule has 3 saturated heterocycles. The first kappa shape index (κ1) is 20.0. The van der Waals surface area contributed by atoms with Crippen molar-refractivity contribution in [3.63, 3.8) is 0 Å². The summed E-state index contributed by atoms with van der Waals surface area (Å²) in [6.07, 6.45) is 1.61. The van der Waals surface area contributed by atoms with E-state index in [9.17, 15) is 18.7 Å². The number of nitrogens with zero attached hydrogens (tertiary/aromatic N) is 2. The zero-order chi connectivity index (χ0) is 19.9. The average Bonchev–Trinajstić information content (AvgIpc) is 3.29. The van der Waals surface area contributed by atoms with Crippen molar-refractivity contribution in [3.8, 4) is 0 Å². The summed E-state index contributed by atoms with van der Waals surface area (Å²) in [6, 6.07) is 7.12. The number of halogens is 3. The third-order valence-electron chi connectivity index (χ3n) is 6.41. The molecule has 3 aliphatic rings. The van der Waals surface area contributed by atoms with Crippen molar-refractivity contribution in [2.45, 2.75) is 49.3 Å². The first-order chi connectivity index (χ1) is 13.3. The number of carbonyl (C=O) groups is 1. The minimum atomic E-state index is -2.76. The van der Waals surface area contributed by atoms with E-state index in [1.54, 1.807) is 12.1 Å². The fourth-order valence-electron chi connectivity index (χ4n) is 4.64. The van der Waals surface area contributed by atoms with Crippen molar-refractivity contribution in [2.75, 3.05) is 32.7 Å². The van der Waals surface area contributed by atoms with E-state index in [4.69, 9.17) is 11.6 Å². The molecule has 5 nitrogen and oxygen atoms in total. The van der Waals surface area contributed by atoms with Gasteiger partial charge in [-0.15, -0.1) is 0 Å². The number of hydrogen-bond donors (Lipinski definition) is 2. The molecule has 28 heavy (non-hydrogen) atoms. The highest BCUT2D eigenvalue weighted by molar-refractivity contribution is 6.30. The molecule has 2 atom stereocenters. The summed E-state index contributed by atoms with van der Waals surface area (Å²) in [6.45, 7) is 1.79. The second-order valence-electron chi connectivity index (χ2n) is 8.29. The Morgan fingerprint density at radius 3 is 2.43 bits per heavy atom. The van der Waals surface area contributed by atoms with Gasteiger partial charge in [0.25, 0.3) is 5.92 Å². The van der Waals surface area contributed by atoms with Crippen LogP contribution in [0.25, 0.3) is 0 Å². The Morgan fingerprint density at radius 1 is 1.14 bits per heavy atom. The molecule has 2 N–H and O–H groups in total. The molecule has 0 aromatic heterocycles. The van der Waals surface area contributed by atoms with E-state index < -0.39 is 24.1 Å². The molecule has 0 aliphatic carbocycles. The van der Waals surface area contributed by atoms with Crippen LogP contribution >= 0.6 is 11.6 Å². The molecular formula is C20H26ClF2N3O2. The molecule has 1 amide bonds. The van der Waals surface area contributed by atoms with Crippen molar-refractivity contribution in [1.29, 1.82) is 0 Å². The molecule has 0 bridgehead atoms. The lowest BCUT2D eigenvalue weighted by molar-refractivity contribution is -0.133. The van der Waals surface area contributed by atoms with E-state index in [0.29, 0.717) is 30.8 Å². The zero-order valence-electron chi connectivity index (χ0n) is 15.7. The van der Waals surface area contributed by atoms with E-state index in [0.717, 1.165) is 18.7 Å². The lowest BCUT2D eigenvalue weighted by Gasteiger charge is -2.41. The number of piperidine rings is 1. The van der Waals surface area contributed by atoms with Gasteiger partial charge in [-0.05, 0) is 37.0 Å². The van der Waals surface area contributed by atoms with Crippen molar-refractivity contribution in [1.82, 2.24) is 15.1 Å². The van der Waals surface area contributed by atoms with Gasteiger partial charge >= 0.3 is 0 Å². The van der Waals surface area contributed by atoms with Crippen LogP contribution in [-0.4, -0.2) is 71.5 Å². The maximum absolute atomic E-state index is 13.4. The summed E-state index contributed by atoms with van der Waals surface area (Å²) < 4.78 is 26.8. The van der Waals surface area contributed by atoms with Crippen LogP contribution in [0.2, 0.25) is 5.02 Å². The second-order valence-corrected chi connectivity index (χ2v) is 8.73. The third-order valence-corrected chi connectivity index (χ3v) is 6.66. The number of nitrogens with one attached hydrogen (secondary N) is 1. The van der Waals surface area contributed by atoms with Gasteiger partial charge in [0.2, 0.25) is 5.91 Å². The number of rotatable bonds is 3. The quantitative estimate of drug-likeness (QED) is 0.797. The van der Waals surface area contributed by atoms with Crippen LogP contribution in [0, 0.1) is 0 Å². The number of likely N-dealkylation sites (tertiary alicyclic amines) is 2. The molecule has 154 valence electrons. The fraction of sp³-hybridized carbons (Fsp3) is 0.650. The largest absolute Gasteiger partial charge is 0.385 e. The van der Waals surface area contributed by atoms with Gasteiger partial charge in [0.15, 0.2) is 0 Å². The monoisotopic (exact) mass is 413 g/mol. The summed E-state index contributed by atoms with van der Waals surface area (Å²) in [5.41, 5.74) is 0.0211. The van der Waals surface area contributed by atoms with Gasteiger partial charge in [-0.25, -0.2) is 8.78 Å². The van der Waals surface area contributed by atoms with Crippen molar-refractivity contribution in [3.05, 3.63) is 34.9 Å². The summed E-state index contributed by atoms with van der Waals surface area (Å²) in [4.78, 5) is 16.1. The van der Waals surface area contributed by atoms with Crippen molar-refractivity contribution < 1.29 is 18.7 Å². The Kier molecular flexibility index (Phi) is 5.37. The molecule has 4 rings (SSSR count). The molecular weight excluding hydrogens is 388 g/mol. The SMILES string of the molecule is O=C([C@@H]1C[C@H](N2CCC(O)(c3ccc(Cl)cc3)CC2)CN1)N1CCC(F)(F)C1. The topological polar surface area (TPSA) is 55.8 Å². The van der Waals surface area contributed by atoms with Gasteiger partial charge in [-0.3, -0.25) is 9.69 Å². The fourth-order valence-corrected chi connectivity index (χ4v) is 4.76. The molecule has 3 fully saturated rings. The van der Waals surface area contributed by atoms with Crippen molar-refractivity contribution in [2.24, 2.45) is 0 Å². The maximum atomic E-state index is 13.4. The average molecular weight is 414 g/mol. The van der Waals surface area contributed by atoms with Crippen LogP contribution in [0.15, 0.2) is 24.3 Å². The number of amides is 1. The highest BCUT2D eigenvalue weighted by Gasteiger charge is 2.44. The molecule has 0 spiro atoms. The van der Waals surface area contributed by atoms with Gasteiger partial charge in [0.1, 0.15) is 0 Å². The van der Waals surface area contributed by atoms with Crippen LogP contribution in [0.3, 0.4) is 0 Å². The summed E-state index contributed by atoms with van der Waals surface area (Å²) >= 11 is 5.94. The van der Waals surface area contributed by atoms with Gasteiger partial charge in [0.05, 0.1) is 18.2 Å². The Morgan fingerprint density at radius 2 is 1.82 bits per heavy atom. The van der Waals surface area contributed by atoms with Gasteiger partial charge < -0.3 is 15.3 Å². The van der Waals surface area contributed by atoms with E-state index in [1.165, 1.54) is 4.90 Å². The maximum Gasteiger partial charge on any atom is 0.267 e. The minimum Gasteiger partial charge on any atom is -0.385 e. The molecule has 1 aromatic carbocycles. The summed E-state index contributed by atoms with van der Waals surface area (Å²) in [7, 11) is 0.